The zero-order chi connectivity index (χ0) is 14.2. The number of aromatic nitrogens is 1. The monoisotopic (exact) mass is 280 g/mol. The van der Waals surface area contributed by atoms with Crippen molar-refractivity contribution < 1.29 is 4.74 Å². The fourth-order valence-corrected chi connectivity index (χ4v) is 3.70. The summed E-state index contributed by atoms with van der Waals surface area (Å²) in [7, 11) is 2.21. The summed E-state index contributed by atoms with van der Waals surface area (Å²) in [5, 5.41) is 0. The van der Waals surface area contributed by atoms with E-state index in [0.717, 1.165) is 11.6 Å². The molecule has 21 heavy (non-hydrogen) atoms. The average molecular weight is 280 g/mol. The number of benzene rings is 1. The van der Waals surface area contributed by atoms with Gasteiger partial charge in [-0.2, -0.15) is 0 Å². The molecule has 0 unspecified atom stereocenters. The Morgan fingerprint density at radius 3 is 2.67 bits per heavy atom. The van der Waals surface area contributed by atoms with Crippen molar-refractivity contribution >= 4 is 0 Å². The first kappa shape index (κ1) is 12.8. The van der Waals surface area contributed by atoms with Gasteiger partial charge in [0.05, 0.1) is 0 Å². The Balaban J connectivity index is 1.78. The molecule has 1 fully saturated rings. The summed E-state index contributed by atoms with van der Waals surface area (Å²) >= 11 is 0. The highest BCUT2D eigenvalue weighted by Crippen LogP contribution is 2.48. The van der Waals surface area contributed by atoms with E-state index in [0.29, 0.717) is 11.8 Å². The summed E-state index contributed by atoms with van der Waals surface area (Å²) in [5.41, 5.74) is 2.58. The summed E-state index contributed by atoms with van der Waals surface area (Å²) in [6, 6.07) is 12.6. The molecule has 2 aliphatic heterocycles. The minimum absolute atomic E-state index is 0.423. The molecule has 3 nitrogen and oxygen atoms in total. The van der Waals surface area contributed by atoms with E-state index in [1.807, 2.05) is 18.3 Å². The molecule has 1 aromatic heterocycles. The van der Waals surface area contributed by atoms with Crippen LogP contribution >= 0.6 is 0 Å². The molecular formula is C18H20N2O. The SMILES string of the molecule is CN1CCC([C@H]2c3ccccc3Oc3ncccc32)CC1. The molecule has 0 spiro atoms. The summed E-state index contributed by atoms with van der Waals surface area (Å²) in [6.07, 6.45) is 4.30. The number of pyridine rings is 1. The topological polar surface area (TPSA) is 25.4 Å². The summed E-state index contributed by atoms with van der Waals surface area (Å²) in [6.45, 7) is 2.36. The third-order valence-corrected chi connectivity index (χ3v) is 4.83. The number of para-hydroxylation sites is 1. The standard InChI is InChI=1S/C18H20N2O/c1-20-11-8-13(9-12-20)17-14-5-2-3-7-16(14)21-18-15(17)6-4-10-19-18/h2-7,10,13,17H,8-9,11-12H2,1H3/t17-/m0/s1. The second kappa shape index (κ2) is 5.15. The van der Waals surface area contributed by atoms with Crippen molar-refractivity contribution in [3.8, 4) is 11.6 Å². The van der Waals surface area contributed by atoms with Crippen LogP contribution < -0.4 is 4.74 Å². The van der Waals surface area contributed by atoms with Crippen molar-refractivity contribution in [2.45, 2.75) is 18.8 Å². The van der Waals surface area contributed by atoms with Crippen LogP contribution in [0.5, 0.6) is 11.6 Å². The number of hydrogen-bond acceptors (Lipinski definition) is 3. The lowest BCUT2D eigenvalue weighted by Crippen LogP contribution is -2.33. The van der Waals surface area contributed by atoms with E-state index in [1.165, 1.54) is 37.1 Å². The minimum atomic E-state index is 0.423. The summed E-state index contributed by atoms with van der Waals surface area (Å²) < 4.78 is 6.00. The van der Waals surface area contributed by atoms with Crippen molar-refractivity contribution in [2.24, 2.45) is 5.92 Å². The first-order valence-corrected chi connectivity index (χ1v) is 7.73. The van der Waals surface area contributed by atoms with Crippen LogP contribution in [0.25, 0.3) is 0 Å². The van der Waals surface area contributed by atoms with Crippen LogP contribution in [0.3, 0.4) is 0 Å². The third-order valence-electron chi connectivity index (χ3n) is 4.83. The van der Waals surface area contributed by atoms with Crippen LogP contribution in [0.1, 0.15) is 29.9 Å². The molecular weight excluding hydrogens is 260 g/mol. The van der Waals surface area contributed by atoms with Crippen LogP contribution in [-0.2, 0) is 0 Å². The molecule has 0 radical (unpaired) electrons. The van der Waals surface area contributed by atoms with E-state index in [9.17, 15) is 0 Å². The predicted octanol–water partition coefficient (Wildman–Crippen LogP) is 3.66. The van der Waals surface area contributed by atoms with E-state index < -0.39 is 0 Å². The average Bonchev–Trinajstić information content (AvgIpc) is 2.53. The molecule has 0 N–H and O–H groups in total. The van der Waals surface area contributed by atoms with Crippen LogP contribution in [0.4, 0.5) is 0 Å². The lowest BCUT2D eigenvalue weighted by molar-refractivity contribution is 0.203. The van der Waals surface area contributed by atoms with Crippen LogP contribution in [0, 0.1) is 5.92 Å². The fourth-order valence-electron chi connectivity index (χ4n) is 3.70. The summed E-state index contributed by atoms with van der Waals surface area (Å²) in [4.78, 5) is 6.87. The smallest absolute Gasteiger partial charge is 0.223 e. The zero-order valence-corrected chi connectivity index (χ0v) is 12.3. The van der Waals surface area contributed by atoms with Gasteiger partial charge in [0.15, 0.2) is 0 Å². The molecule has 2 aliphatic rings. The van der Waals surface area contributed by atoms with Gasteiger partial charge in [0.1, 0.15) is 5.75 Å². The number of nitrogens with zero attached hydrogens (tertiary/aromatic N) is 2. The van der Waals surface area contributed by atoms with Crippen molar-refractivity contribution in [3.05, 3.63) is 53.7 Å². The van der Waals surface area contributed by atoms with Gasteiger partial charge < -0.3 is 9.64 Å². The fraction of sp³-hybridized carbons (Fsp3) is 0.389. The highest BCUT2D eigenvalue weighted by molar-refractivity contribution is 5.51. The lowest BCUT2D eigenvalue weighted by Gasteiger charge is -2.37. The molecule has 0 bridgehead atoms. The maximum atomic E-state index is 6.00. The maximum absolute atomic E-state index is 6.00. The number of fused-ring (bicyclic) bond motifs is 2. The Kier molecular flexibility index (Phi) is 3.15. The molecule has 0 aliphatic carbocycles. The molecule has 3 heteroatoms. The first-order chi connectivity index (χ1) is 10.3. The predicted molar refractivity (Wildman–Crippen MR) is 82.8 cm³/mol. The van der Waals surface area contributed by atoms with Gasteiger partial charge in [-0.05, 0) is 51.0 Å². The Labute approximate surface area is 125 Å². The molecule has 4 rings (SSSR count). The number of likely N-dealkylation sites (tertiary alicyclic amines) is 1. The minimum Gasteiger partial charge on any atom is -0.438 e. The molecule has 3 heterocycles. The molecule has 2 aromatic rings. The second-order valence-electron chi connectivity index (χ2n) is 6.16. The molecule has 0 saturated carbocycles. The number of ether oxygens (including phenoxy) is 1. The largest absolute Gasteiger partial charge is 0.438 e. The normalized spacial score (nSPS) is 22.2. The summed E-state index contributed by atoms with van der Waals surface area (Å²) in [5.74, 6) is 2.87. The maximum Gasteiger partial charge on any atom is 0.223 e. The number of rotatable bonds is 1. The van der Waals surface area contributed by atoms with Gasteiger partial charge in [-0.15, -0.1) is 0 Å². The third kappa shape index (κ3) is 2.22. The molecule has 108 valence electrons. The first-order valence-electron chi connectivity index (χ1n) is 7.73. The van der Waals surface area contributed by atoms with Gasteiger partial charge in [-0.3, -0.25) is 0 Å². The Bertz CT molecular complexity index is 602. The Hall–Kier alpha value is -1.87. The van der Waals surface area contributed by atoms with Crippen LogP contribution in [0.15, 0.2) is 42.6 Å². The highest BCUT2D eigenvalue weighted by Gasteiger charge is 2.35. The number of piperidine rings is 1. The van der Waals surface area contributed by atoms with Crippen LogP contribution in [0.2, 0.25) is 0 Å². The van der Waals surface area contributed by atoms with E-state index in [1.54, 1.807) is 0 Å². The van der Waals surface area contributed by atoms with Crippen molar-refractivity contribution in [1.29, 1.82) is 0 Å². The van der Waals surface area contributed by atoms with E-state index >= 15 is 0 Å². The van der Waals surface area contributed by atoms with Crippen molar-refractivity contribution in [3.63, 3.8) is 0 Å². The van der Waals surface area contributed by atoms with Gasteiger partial charge in [0, 0.05) is 23.2 Å². The molecule has 1 atom stereocenters. The van der Waals surface area contributed by atoms with Crippen molar-refractivity contribution in [2.75, 3.05) is 20.1 Å². The van der Waals surface area contributed by atoms with Gasteiger partial charge in [0.2, 0.25) is 5.88 Å². The van der Waals surface area contributed by atoms with E-state index in [4.69, 9.17) is 4.74 Å². The van der Waals surface area contributed by atoms with Gasteiger partial charge in [-0.25, -0.2) is 4.98 Å². The molecule has 0 amide bonds. The number of hydrogen-bond donors (Lipinski definition) is 0. The van der Waals surface area contributed by atoms with Gasteiger partial charge >= 0.3 is 0 Å². The van der Waals surface area contributed by atoms with Gasteiger partial charge in [-0.1, -0.05) is 24.3 Å². The van der Waals surface area contributed by atoms with Gasteiger partial charge in [0.25, 0.3) is 0 Å². The molecule has 1 aromatic carbocycles. The Morgan fingerprint density at radius 1 is 1.05 bits per heavy atom. The van der Waals surface area contributed by atoms with E-state index in [-0.39, 0.29) is 0 Å². The second-order valence-corrected chi connectivity index (χ2v) is 6.16. The zero-order valence-electron chi connectivity index (χ0n) is 12.3. The van der Waals surface area contributed by atoms with Crippen molar-refractivity contribution in [1.82, 2.24) is 9.88 Å². The lowest BCUT2D eigenvalue weighted by atomic mass is 9.75. The highest BCUT2D eigenvalue weighted by atomic mass is 16.5. The van der Waals surface area contributed by atoms with Crippen LogP contribution in [-0.4, -0.2) is 30.0 Å². The Morgan fingerprint density at radius 2 is 1.81 bits per heavy atom. The molecule has 1 saturated heterocycles. The quantitative estimate of drug-likeness (QED) is 0.797. The van der Waals surface area contributed by atoms with E-state index in [2.05, 4.69) is 41.2 Å².